The van der Waals surface area contributed by atoms with Gasteiger partial charge >= 0.3 is 0 Å². The summed E-state index contributed by atoms with van der Waals surface area (Å²) in [6, 6.07) is 20.5. The zero-order valence-electron chi connectivity index (χ0n) is 14.5. The minimum Gasteiger partial charge on any atom is -0.280 e. The molecule has 3 rings (SSSR count). The first-order chi connectivity index (χ1) is 12.8. The van der Waals surface area contributed by atoms with Crippen LogP contribution in [0.15, 0.2) is 88.7 Å². The zero-order chi connectivity index (χ0) is 19.5. The molecule has 0 spiro atoms. The lowest BCUT2D eigenvalue weighted by molar-refractivity contribution is 0.597. The summed E-state index contributed by atoms with van der Waals surface area (Å²) in [5.41, 5.74) is 1.79. The Kier molecular flexibility index (Phi) is 5.20. The van der Waals surface area contributed by atoms with Gasteiger partial charge in [0.25, 0.3) is 20.0 Å². The summed E-state index contributed by atoms with van der Waals surface area (Å²) in [7, 11) is -7.62. The van der Waals surface area contributed by atoms with E-state index < -0.39 is 20.0 Å². The van der Waals surface area contributed by atoms with E-state index in [0.717, 1.165) is 5.56 Å². The second-order valence-electron chi connectivity index (χ2n) is 5.92. The molecule has 6 nitrogen and oxygen atoms in total. The van der Waals surface area contributed by atoms with E-state index in [2.05, 4.69) is 9.44 Å². The van der Waals surface area contributed by atoms with E-state index in [1.165, 1.54) is 24.3 Å². The summed E-state index contributed by atoms with van der Waals surface area (Å²) >= 11 is 0. The predicted molar refractivity (Wildman–Crippen MR) is 106 cm³/mol. The molecule has 0 unspecified atom stereocenters. The Balaban J connectivity index is 1.82. The molecule has 0 radical (unpaired) electrons. The molecule has 0 amide bonds. The van der Waals surface area contributed by atoms with Crippen LogP contribution in [-0.2, 0) is 20.0 Å². The lowest BCUT2D eigenvalue weighted by Crippen LogP contribution is -2.15. The van der Waals surface area contributed by atoms with Crippen LogP contribution in [0.3, 0.4) is 0 Å². The summed E-state index contributed by atoms with van der Waals surface area (Å²) in [5, 5.41) is 0. The van der Waals surface area contributed by atoms with Crippen molar-refractivity contribution >= 4 is 31.4 Å². The summed E-state index contributed by atoms with van der Waals surface area (Å²) in [6.45, 7) is 1.86. The summed E-state index contributed by atoms with van der Waals surface area (Å²) in [4.78, 5) is -0.0523. The van der Waals surface area contributed by atoms with E-state index in [0.29, 0.717) is 11.4 Å². The van der Waals surface area contributed by atoms with Crippen molar-refractivity contribution in [3.05, 3.63) is 84.4 Å². The SMILES string of the molecule is Cc1cccc(NS(=O)(=O)c2ccc(S(=O)(=O)Nc3ccccc3)cc2)c1. The number of para-hydroxylation sites is 1. The van der Waals surface area contributed by atoms with Crippen molar-refractivity contribution in [1.29, 1.82) is 0 Å². The van der Waals surface area contributed by atoms with Gasteiger partial charge in [0.2, 0.25) is 0 Å². The minimum absolute atomic E-state index is 0.0253. The van der Waals surface area contributed by atoms with Crippen LogP contribution in [0.4, 0.5) is 11.4 Å². The molecule has 27 heavy (non-hydrogen) atoms. The molecule has 140 valence electrons. The number of sulfonamides is 2. The first-order valence-corrected chi connectivity index (χ1v) is 11.0. The van der Waals surface area contributed by atoms with Crippen LogP contribution in [0.5, 0.6) is 0 Å². The van der Waals surface area contributed by atoms with Crippen molar-refractivity contribution in [2.24, 2.45) is 0 Å². The highest BCUT2D eigenvalue weighted by Gasteiger charge is 2.18. The third-order valence-electron chi connectivity index (χ3n) is 3.74. The third-order valence-corrected chi connectivity index (χ3v) is 6.54. The van der Waals surface area contributed by atoms with Gasteiger partial charge in [-0.3, -0.25) is 9.44 Å². The topological polar surface area (TPSA) is 92.3 Å². The maximum atomic E-state index is 12.5. The van der Waals surface area contributed by atoms with Crippen molar-refractivity contribution in [3.8, 4) is 0 Å². The number of nitrogens with one attached hydrogen (secondary N) is 2. The molecule has 0 bridgehead atoms. The highest BCUT2D eigenvalue weighted by atomic mass is 32.2. The van der Waals surface area contributed by atoms with Crippen LogP contribution in [0.1, 0.15) is 5.56 Å². The molecule has 0 aromatic heterocycles. The van der Waals surface area contributed by atoms with E-state index in [-0.39, 0.29) is 9.79 Å². The Morgan fingerprint density at radius 2 is 1.07 bits per heavy atom. The maximum Gasteiger partial charge on any atom is 0.261 e. The molecule has 0 heterocycles. The molecule has 0 fully saturated rings. The Morgan fingerprint density at radius 1 is 0.593 bits per heavy atom. The van der Waals surface area contributed by atoms with Gasteiger partial charge in [-0.1, -0.05) is 30.3 Å². The van der Waals surface area contributed by atoms with Crippen molar-refractivity contribution in [2.45, 2.75) is 16.7 Å². The molecule has 0 saturated carbocycles. The highest BCUT2D eigenvalue weighted by molar-refractivity contribution is 7.93. The van der Waals surface area contributed by atoms with Gasteiger partial charge in [-0.05, 0) is 61.0 Å². The van der Waals surface area contributed by atoms with Gasteiger partial charge < -0.3 is 0 Å². The molecule has 0 aliphatic heterocycles. The molecule has 2 N–H and O–H groups in total. The van der Waals surface area contributed by atoms with Gasteiger partial charge in [0, 0.05) is 11.4 Å². The second kappa shape index (κ2) is 7.42. The lowest BCUT2D eigenvalue weighted by Gasteiger charge is -2.11. The van der Waals surface area contributed by atoms with E-state index in [1.54, 1.807) is 48.5 Å². The average Bonchev–Trinajstić information content (AvgIpc) is 2.62. The van der Waals surface area contributed by atoms with E-state index in [9.17, 15) is 16.8 Å². The van der Waals surface area contributed by atoms with Crippen LogP contribution in [-0.4, -0.2) is 16.8 Å². The fourth-order valence-corrected chi connectivity index (χ4v) is 4.55. The minimum atomic E-state index is -3.82. The van der Waals surface area contributed by atoms with Crippen LogP contribution in [0.2, 0.25) is 0 Å². The summed E-state index contributed by atoms with van der Waals surface area (Å²) in [5.74, 6) is 0. The van der Waals surface area contributed by atoms with Gasteiger partial charge in [-0.2, -0.15) is 0 Å². The Bertz CT molecular complexity index is 1140. The number of benzene rings is 3. The Hall–Kier alpha value is -2.84. The molecular weight excluding hydrogens is 384 g/mol. The second-order valence-corrected chi connectivity index (χ2v) is 9.28. The first-order valence-electron chi connectivity index (χ1n) is 8.04. The van der Waals surface area contributed by atoms with E-state index >= 15 is 0 Å². The van der Waals surface area contributed by atoms with Crippen LogP contribution >= 0.6 is 0 Å². The Labute approximate surface area is 159 Å². The van der Waals surface area contributed by atoms with Crippen molar-refractivity contribution < 1.29 is 16.8 Å². The number of hydrogen-bond acceptors (Lipinski definition) is 4. The quantitative estimate of drug-likeness (QED) is 0.659. The maximum absolute atomic E-state index is 12.5. The number of aryl methyl sites for hydroxylation is 1. The molecule has 3 aromatic rings. The van der Waals surface area contributed by atoms with Gasteiger partial charge in [0.15, 0.2) is 0 Å². The molecular formula is C19H18N2O4S2. The van der Waals surface area contributed by atoms with Crippen LogP contribution in [0, 0.1) is 6.92 Å². The van der Waals surface area contributed by atoms with E-state index in [4.69, 9.17) is 0 Å². The molecule has 0 aliphatic carbocycles. The first kappa shape index (κ1) is 18.9. The number of anilines is 2. The zero-order valence-corrected chi connectivity index (χ0v) is 16.1. The van der Waals surface area contributed by atoms with Crippen LogP contribution < -0.4 is 9.44 Å². The smallest absolute Gasteiger partial charge is 0.261 e. The Morgan fingerprint density at radius 3 is 1.59 bits per heavy atom. The number of rotatable bonds is 6. The monoisotopic (exact) mass is 402 g/mol. The van der Waals surface area contributed by atoms with Crippen molar-refractivity contribution in [1.82, 2.24) is 0 Å². The summed E-state index contributed by atoms with van der Waals surface area (Å²) < 4.78 is 54.7. The fourth-order valence-electron chi connectivity index (χ4n) is 2.44. The largest absolute Gasteiger partial charge is 0.280 e. The number of hydrogen-bond donors (Lipinski definition) is 2. The van der Waals surface area contributed by atoms with Crippen LogP contribution in [0.25, 0.3) is 0 Å². The van der Waals surface area contributed by atoms with Gasteiger partial charge in [0.05, 0.1) is 9.79 Å². The van der Waals surface area contributed by atoms with Gasteiger partial charge in [-0.25, -0.2) is 16.8 Å². The third kappa shape index (κ3) is 4.66. The molecule has 3 aromatic carbocycles. The molecule has 0 aliphatic rings. The van der Waals surface area contributed by atoms with Crippen molar-refractivity contribution in [3.63, 3.8) is 0 Å². The molecule has 8 heteroatoms. The summed E-state index contributed by atoms with van der Waals surface area (Å²) in [6.07, 6.45) is 0. The normalized spacial score (nSPS) is 11.7. The van der Waals surface area contributed by atoms with Gasteiger partial charge in [-0.15, -0.1) is 0 Å². The van der Waals surface area contributed by atoms with E-state index in [1.807, 2.05) is 13.0 Å². The fraction of sp³-hybridized carbons (Fsp3) is 0.0526. The molecule has 0 saturated heterocycles. The highest BCUT2D eigenvalue weighted by Crippen LogP contribution is 2.20. The lowest BCUT2D eigenvalue weighted by atomic mass is 10.2. The standard InChI is InChI=1S/C19H18N2O4S2/c1-15-6-5-9-17(14-15)21-27(24,25)19-12-10-18(11-13-19)26(22,23)20-16-7-3-2-4-8-16/h2-14,20-21H,1H3. The average molecular weight is 402 g/mol. The predicted octanol–water partition coefficient (Wildman–Crippen LogP) is 3.60. The molecule has 0 atom stereocenters. The van der Waals surface area contributed by atoms with Crippen molar-refractivity contribution in [2.75, 3.05) is 9.44 Å². The van der Waals surface area contributed by atoms with Gasteiger partial charge in [0.1, 0.15) is 0 Å².